The fraction of sp³-hybridized carbons (Fsp3) is 0.417. The Morgan fingerprint density at radius 1 is 1.38 bits per heavy atom. The molecule has 0 aliphatic heterocycles. The molecule has 0 spiro atoms. The highest BCUT2D eigenvalue weighted by Crippen LogP contribution is 2.26. The predicted octanol–water partition coefficient (Wildman–Crippen LogP) is 2.87. The lowest BCUT2D eigenvalue weighted by Gasteiger charge is -2.18. The number of aliphatic carboxylic acids is 1. The molecule has 1 aromatic rings. The molecule has 1 aromatic carbocycles. The zero-order chi connectivity index (χ0) is 12.1. The zero-order valence-electron chi connectivity index (χ0n) is 9.06. The molecule has 0 aliphatic rings. The average molecular weight is 243 g/mol. The van der Waals surface area contributed by atoms with Gasteiger partial charge < -0.3 is 10.2 Å². The molecule has 16 heavy (non-hydrogen) atoms. The Hall–Kier alpha value is -1.06. The molecule has 0 fully saturated rings. The molecule has 0 aliphatic carbocycles. The highest BCUT2D eigenvalue weighted by molar-refractivity contribution is 6.30. The molecule has 0 saturated heterocycles. The summed E-state index contributed by atoms with van der Waals surface area (Å²) >= 11 is 5.72. The van der Waals surface area contributed by atoms with Crippen LogP contribution >= 0.6 is 11.6 Å². The fourth-order valence-corrected chi connectivity index (χ4v) is 1.75. The van der Waals surface area contributed by atoms with Crippen molar-refractivity contribution in [3.8, 4) is 0 Å². The average Bonchev–Trinajstić information content (AvgIpc) is 2.25. The quantitative estimate of drug-likeness (QED) is 0.835. The van der Waals surface area contributed by atoms with E-state index in [9.17, 15) is 9.90 Å². The van der Waals surface area contributed by atoms with E-state index in [0.717, 1.165) is 6.42 Å². The lowest BCUT2D eigenvalue weighted by molar-refractivity contribution is -0.146. The summed E-state index contributed by atoms with van der Waals surface area (Å²) in [6.07, 6.45) is 0.204. The van der Waals surface area contributed by atoms with Crippen LogP contribution in [0.2, 0.25) is 5.02 Å². The smallest absolute Gasteiger partial charge is 0.309 e. The maximum Gasteiger partial charge on any atom is 0.309 e. The monoisotopic (exact) mass is 242 g/mol. The third-order valence-corrected chi connectivity index (χ3v) is 2.76. The Morgan fingerprint density at radius 2 is 1.94 bits per heavy atom. The van der Waals surface area contributed by atoms with Crippen molar-refractivity contribution in [2.24, 2.45) is 5.92 Å². The zero-order valence-corrected chi connectivity index (χ0v) is 9.81. The van der Waals surface area contributed by atoms with E-state index >= 15 is 0 Å². The summed E-state index contributed by atoms with van der Waals surface area (Å²) in [7, 11) is 0. The van der Waals surface area contributed by atoms with Crippen LogP contribution in [-0.4, -0.2) is 16.2 Å². The molecule has 0 saturated carbocycles. The van der Waals surface area contributed by atoms with Gasteiger partial charge in [-0.25, -0.2) is 0 Å². The van der Waals surface area contributed by atoms with Crippen molar-refractivity contribution in [1.29, 1.82) is 0 Å². The largest absolute Gasteiger partial charge is 0.481 e. The van der Waals surface area contributed by atoms with Gasteiger partial charge >= 0.3 is 5.97 Å². The molecular formula is C12H15ClO3. The van der Waals surface area contributed by atoms with E-state index in [1.165, 1.54) is 0 Å². The molecule has 1 rings (SSSR count). The van der Waals surface area contributed by atoms with Crippen molar-refractivity contribution in [2.75, 3.05) is 0 Å². The normalized spacial score (nSPS) is 14.4. The molecule has 0 aromatic heterocycles. The molecule has 88 valence electrons. The van der Waals surface area contributed by atoms with Gasteiger partial charge in [-0.2, -0.15) is 0 Å². The molecule has 0 radical (unpaired) electrons. The Bertz CT molecular complexity index is 348. The van der Waals surface area contributed by atoms with E-state index in [0.29, 0.717) is 17.0 Å². The highest BCUT2D eigenvalue weighted by Gasteiger charge is 2.26. The Labute approximate surface area is 99.7 Å². The number of aliphatic hydroxyl groups is 1. The van der Waals surface area contributed by atoms with E-state index in [2.05, 4.69) is 0 Å². The number of hydrogen-bond donors (Lipinski definition) is 2. The van der Waals surface area contributed by atoms with E-state index < -0.39 is 18.0 Å². The number of halogens is 1. The first-order valence-corrected chi connectivity index (χ1v) is 5.60. The summed E-state index contributed by atoms with van der Waals surface area (Å²) in [6.45, 7) is 1.89. The summed E-state index contributed by atoms with van der Waals surface area (Å²) in [5.41, 5.74) is 0.588. The lowest BCUT2D eigenvalue weighted by Crippen LogP contribution is -2.21. The van der Waals surface area contributed by atoms with Gasteiger partial charge in [0.2, 0.25) is 0 Å². The van der Waals surface area contributed by atoms with Gasteiger partial charge in [-0.15, -0.1) is 0 Å². The predicted molar refractivity (Wildman–Crippen MR) is 62.4 cm³/mol. The first-order chi connectivity index (χ1) is 7.56. The number of carboxylic acids is 1. The third-order valence-electron chi connectivity index (χ3n) is 2.51. The van der Waals surface area contributed by atoms with Gasteiger partial charge in [-0.05, 0) is 24.1 Å². The number of rotatable bonds is 5. The van der Waals surface area contributed by atoms with Crippen LogP contribution in [-0.2, 0) is 4.79 Å². The van der Waals surface area contributed by atoms with Gasteiger partial charge in [-0.3, -0.25) is 4.79 Å². The van der Waals surface area contributed by atoms with Crippen molar-refractivity contribution in [2.45, 2.75) is 25.9 Å². The van der Waals surface area contributed by atoms with E-state index in [1.807, 2.05) is 6.92 Å². The van der Waals surface area contributed by atoms with Crippen molar-refractivity contribution >= 4 is 17.6 Å². The molecular weight excluding hydrogens is 228 g/mol. The van der Waals surface area contributed by atoms with Crippen molar-refractivity contribution in [3.63, 3.8) is 0 Å². The standard InChI is InChI=1S/C12H15ClO3/c1-2-3-10(12(15)16)11(14)8-4-6-9(13)7-5-8/h4-7,10-11,14H,2-3H2,1H3,(H,15,16). The molecule has 2 atom stereocenters. The second-order valence-corrected chi connectivity index (χ2v) is 4.17. The molecule has 0 amide bonds. The Kier molecular flexibility index (Phi) is 4.77. The van der Waals surface area contributed by atoms with Gasteiger partial charge in [0, 0.05) is 5.02 Å². The second-order valence-electron chi connectivity index (χ2n) is 3.73. The van der Waals surface area contributed by atoms with Crippen molar-refractivity contribution in [1.82, 2.24) is 0 Å². The third kappa shape index (κ3) is 3.22. The van der Waals surface area contributed by atoms with Crippen LogP contribution in [0, 0.1) is 5.92 Å². The van der Waals surface area contributed by atoms with Crippen LogP contribution in [0.1, 0.15) is 31.4 Å². The van der Waals surface area contributed by atoms with Crippen LogP contribution in [0.5, 0.6) is 0 Å². The Balaban J connectivity index is 2.85. The topological polar surface area (TPSA) is 57.5 Å². The second kappa shape index (κ2) is 5.87. The summed E-state index contributed by atoms with van der Waals surface area (Å²) < 4.78 is 0. The minimum Gasteiger partial charge on any atom is -0.481 e. The fourth-order valence-electron chi connectivity index (χ4n) is 1.62. The summed E-state index contributed by atoms with van der Waals surface area (Å²) in [5.74, 6) is -1.73. The Morgan fingerprint density at radius 3 is 2.38 bits per heavy atom. The van der Waals surface area contributed by atoms with E-state index in [-0.39, 0.29) is 0 Å². The first kappa shape index (κ1) is 13.0. The van der Waals surface area contributed by atoms with Crippen molar-refractivity contribution < 1.29 is 15.0 Å². The lowest BCUT2D eigenvalue weighted by atomic mass is 9.92. The molecule has 2 N–H and O–H groups in total. The summed E-state index contributed by atoms with van der Waals surface area (Å²) in [6, 6.07) is 6.59. The number of aliphatic hydroxyl groups excluding tert-OH is 1. The number of carbonyl (C=O) groups is 1. The van der Waals surface area contributed by atoms with Crippen LogP contribution < -0.4 is 0 Å². The van der Waals surface area contributed by atoms with Crippen LogP contribution in [0.4, 0.5) is 0 Å². The minimum absolute atomic E-state index is 0.457. The summed E-state index contributed by atoms with van der Waals surface area (Å²) in [5, 5.41) is 19.5. The molecule has 0 bridgehead atoms. The molecule has 0 heterocycles. The number of hydrogen-bond acceptors (Lipinski definition) is 2. The van der Waals surface area contributed by atoms with Gasteiger partial charge in [0.05, 0.1) is 12.0 Å². The van der Waals surface area contributed by atoms with Crippen LogP contribution in [0.3, 0.4) is 0 Å². The van der Waals surface area contributed by atoms with Crippen LogP contribution in [0.15, 0.2) is 24.3 Å². The van der Waals surface area contributed by atoms with Gasteiger partial charge in [0.1, 0.15) is 0 Å². The minimum atomic E-state index is -0.977. The van der Waals surface area contributed by atoms with Gasteiger partial charge in [0.25, 0.3) is 0 Å². The van der Waals surface area contributed by atoms with Gasteiger partial charge in [0.15, 0.2) is 0 Å². The van der Waals surface area contributed by atoms with Crippen molar-refractivity contribution in [3.05, 3.63) is 34.9 Å². The summed E-state index contributed by atoms with van der Waals surface area (Å²) in [4.78, 5) is 11.0. The van der Waals surface area contributed by atoms with Gasteiger partial charge in [-0.1, -0.05) is 37.1 Å². The maximum atomic E-state index is 11.0. The first-order valence-electron chi connectivity index (χ1n) is 5.22. The number of carboxylic acid groups (broad SMARTS) is 1. The molecule has 4 heteroatoms. The van der Waals surface area contributed by atoms with E-state index in [4.69, 9.17) is 16.7 Å². The van der Waals surface area contributed by atoms with E-state index in [1.54, 1.807) is 24.3 Å². The maximum absolute atomic E-state index is 11.0. The highest BCUT2D eigenvalue weighted by atomic mass is 35.5. The SMILES string of the molecule is CCCC(C(=O)O)C(O)c1ccc(Cl)cc1. The number of benzene rings is 1. The van der Waals surface area contributed by atoms with Crippen LogP contribution in [0.25, 0.3) is 0 Å². The molecule has 3 nitrogen and oxygen atoms in total. The molecule has 2 unspecified atom stereocenters.